The van der Waals surface area contributed by atoms with Gasteiger partial charge >= 0.3 is 6.36 Å². The molecule has 0 aliphatic heterocycles. The maximum atomic E-state index is 12.3. The highest BCUT2D eigenvalue weighted by Gasteiger charge is 2.31. The summed E-state index contributed by atoms with van der Waals surface area (Å²) < 4.78 is 42.8. The summed E-state index contributed by atoms with van der Waals surface area (Å²) in [6.07, 6.45) is -3.32. The van der Waals surface area contributed by atoms with Crippen molar-refractivity contribution in [1.29, 1.82) is 0 Å². The van der Waals surface area contributed by atoms with E-state index in [4.69, 9.17) is 0 Å². The van der Waals surface area contributed by atoms with Crippen molar-refractivity contribution in [1.82, 2.24) is 14.5 Å². The van der Waals surface area contributed by atoms with E-state index in [-0.39, 0.29) is 17.1 Å². The molecular formula is C22H25F3N4O2. The van der Waals surface area contributed by atoms with Crippen LogP contribution >= 0.6 is 0 Å². The van der Waals surface area contributed by atoms with Crippen molar-refractivity contribution >= 4 is 22.8 Å². The molecule has 3 heterocycles. The number of ether oxygens (including phenoxy) is 1. The highest BCUT2D eigenvalue weighted by Crippen LogP contribution is 2.26. The molecule has 31 heavy (non-hydrogen) atoms. The predicted octanol–water partition coefficient (Wildman–Crippen LogP) is 5.37. The highest BCUT2D eigenvalue weighted by atomic mass is 19.4. The third-order valence-corrected chi connectivity index (χ3v) is 4.58. The number of hydrogen-bond donors (Lipinski definition) is 1. The first-order valence-electron chi connectivity index (χ1n) is 9.79. The van der Waals surface area contributed by atoms with Gasteiger partial charge in [-0.05, 0) is 49.1 Å². The summed E-state index contributed by atoms with van der Waals surface area (Å²) >= 11 is 0. The fraction of sp³-hybridized carbons (Fsp3) is 0.409. The van der Waals surface area contributed by atoms with E-state index in [2.05, 4.69) is 20.0 Å². The number of nitrogens with one attached hydrogen (secondary N) is 1. The number of anilines is 1. The zero-order chi connectivity index (χ0) is 23.0. The second-order valence-corrected chi connectivity index (χ2v) is 8.75. The van der Waals surface area contributed by atoms with Crippen molar-refractivity contribution in [3.8, 4) is 5.75 Å². The van der Waals surface area contributed by atoms with Crippen LogP contribution < -0.4 is 10.1 Å². The number of nitrogens with zero attached hydrogens (tertiary/aromatic N) is 3. The lowest BCUT2D eigenvalue weighted by molar-refractivity contribution is -0.274. The Morgan fingerprint density at radius 1 is 1.16 bits per heavy atom. The number of fused-ring (bicyclic) bond motifs is 1. The molecule has 9 heteroatoms. The van der Waals surface area contributed by atoms with Gasteiger partial charge in [-0.25, -0.2) is 4.98 Å². The maximum Gasteiger partial charge on any atom is 0.573 e. The highest BCUT2D eigenvalue weighted by molar-refractivity contribution is 5.92. The molecule has 0 spiro atoms. The molecule has 1 amide bonds. The minimum Gasteiger partial charge on any atom is -0.404 e. The van der Waals surface area contributed by atoms with Crippen molar-refractivity contribution in [3.63, 3.8) is 0 Å². The second kappa shape index (κ2) is 8.20. The van der Waals surface area contributed by atoms with Gasteiger partial charge in [-0.1, -0.05) is 20.8 Å². The number of amides is 1. The van der Waals surface area contributed by atoms with Crippen LogP contribution in [0.15, 0.2) is 30.5 Å². The molecule has 0 bridgehead atoms. The van der Waals surface area contributed by atoms with Crippen molar-refractivity contribution in [2.45, 2.75) is 53.9 Å². The van der Waals surface area contributed by atoms with Crippen LogP contribution in [0.4, 0.5) is 19.0 Å². The van der Waals surface area contributed by atoms with Crippen LogP contribution in [0.25, 0.3) is 11.0 Å². The topological polar surface area (TPSA) is 69.0 Å². The summed E-state index contributed by atoms with van der Waals surface area (Å²) in [6.45, 7) is 10.1. The van der Waals surface area contributed by atoms with Crippen LogP contribution in [0.2, 0.25) is 0 Å². The Kier molecular flexibility index (Phi) is 5.98. The number of halogens is 3. The number of hydrogen-bond acceptors (Lipinski definition) is 4. The number of alkyl halides is 3. The van der Waals surface area contributed by atoms with Gasteiger partial charge in [0, 0.05) is 12.1 Å². The molecule has 0 saturated heterocycles. The van der Waals surface area contributed by atoms with Gasteiger partial charge in [0.1, 0.15) is 11.6 Å². The maximum absolute atomic E-state index is 12.3. The Morgan fingerprint density at radius 2 is 1.87 bits per heavy atom. The van der Waals surface area contributed by atoms with Gasteiger partial charge in [-0.2, -0.15) is 0 Å². The molecule has 0 unspecified atom stereocenters. The van der Waals surface area contributed by atoms with Crippen LogP contribution in [-0.4, -0.2) is 26.8 Å². The van der Waals surface area contributed by atoms with Crippen molar-refractivity contribution in [2.75, 3.05) is 5.32 Å². The number of pyridine rings is 2. The van der Waals surface area contributed by atoms with Crippen molar-refractivity contribution < 1.29 is 22.7 Å². The van der Waals surface area contributed by atoms with Gasteiger partial charge in [0.05, 0.1) is 29.5 Å². The molecule has 0 atom stereocenters. The normalized spacial score (nSPS) is 12.3. The molecule has 0 aromatic carbocycles. The Labute approximate surface area is 178 Å². The summed E-state index contributed by atoms with van der Waals surface area (Å²) in [5.74, 6) is 0.0631. The molecule has 6 nitrogen and oxygen atoms in total. The zero-order valence-electron chi connectivity index (χ0n) is 18.1. The lowest BCUT2D eigenvalue weighted by Gasteiger charge is -2.17. The van der Waals surface area contributed by atoms with Crippen molar-refractivity contribution in [3.05, 3.63) is 47.4 Å². The summed E-state index contributed by atoms with van der Waals surface area (Å²) in [5, 5.41) is 2.88. The Bertz CT molecular complexity index is 1100. The van der Waals surface area contributed by atoms with E-state index in [1.807, 2.05) is 51.3 Å². The number of carbonyl (C=O) groups excluding carboxylic acids is 1. The Hall–Kier alpha value is -3.10. The Morgan fingerprint density at radius 3 is 2.45 bits per heavy atom. The van der Waals surface area contributed by atoms with Crippen LogP contribution in [0.3, 0.4) is 0 Å². The molecule has 166 valence electrons. The van der Waals surface area contributed by atoms with Gasteiger partial charge in [0.25, 0.3) is 0 Å². The summed E-state index contributed by atoms with van der Waals surface area (Å²) in [4.78, 5) is 21.0. The molecule has 0 saturated carbocycles. The fourth-order valence-corrected chi connectivity index (χ4v) is 3.26. The molecule has 0 radical (unpaired) electrons. The number of rotatable bonds is 5. The molecule has 0 aliphatic rings. The van der Waals surface area contributed by atoms with E-state index in [0.717, 1.165) is 23.0 Å². The molecule has 1 N–H and O–H groups in total. The number of carbonyl (C=O) groups is 1. The van der Waals surface area contributed by atoms with E-state index < -0.39 is 6.36 Å². The summed E-state index contributed by atoms with van der Waals surface area (Å²) in [7, 11) is 0. The predicted molar refractivity (Wildman–Crippen MR) is 112 cm³/mol. The lowest BCUT2D eigenvalue weighted by atomic mass is 9.92. The third kappa shape index (κ3) is 5.96. The smallest absolute Gasteiger partial charge is 0.404 e. The van der Waals surface area contributed by atoms with Crippen LogP contribution in [-0.2, 0) is 11.3 Å². The first kappa shape index (κ1) is 22.6. The van der Waals surface area contributed by atoms with Gasteiger partial charge in [0.2, 0.25) is 5.91 Å². The minimum atomic E-state index is -4.75. The van der Waals surface area contributed by atoms with Crippen LogP contribution in [0, 0.1) is 19.3 Å². The molecule has 3 rings (SSSR count). The van der Waals surface area contributed by atoms with E-state index in [1.54, 1.807) is 0 Å². The van der Waals surface area contributed by atoms with E-state index in [9.17, 15) is 18.0 Å². The molecule has 0 aliphatic carbocycles. The SMILES string of the molecule is Cc1cc2c(cc(C)n2Cc2ccc(OC(F)(F)F)cn2)nc1NC(=O)CC(C)(C)C. The van der Waals surface area contributed by atoms with E-state index in [0.29, 0.717) is 30.0 Å². The minimum absolute atomic E-state index is 0.0935. The molecular weight excluding hydrogens is 409 g/mol. The van der Waals surface area contributed by atoms with Crippen molar-refractivity contribution in [2.24, 2.45) is 5.41 Å². The van der Waals surface area contributed by atoms with Gasteiger partial charge in [-0.3, -0.25) is 9.78 Å². The zero-order valence-corrected chi connectivity index (χ0v) is 18.1. The monoisotopic (exact) mass is 434 g/mol. The quantitative estimate of drug-likeness (QED) is 0.586. The van der Waals surface area contributed by atoms with Crippen LogP contribution in [0.1, 0.15) is 44.1 Å². The third-order valence-electron chi connectivity index (χ3n) is 4.58. The Balaban J connectivity index is 1.83. The second-order valence-electron chi connectivity index (χ2n) is 8.75. The number of aromatic nitrogens is 3. The van der Waals surface area contributed by atoms with E-state index in [1.165, 1.54) is 12.1 Å². The molecule has 3 aromatic heterocycles. The summed E-state index contributed by atoms with van der Waals surface area (Å²) in [5.41, 5.74) is 3.74. The number of aryl methyl sites for hydroxylation is 2. The average molecular weight is 434 g/mol. The fourth-order valence-electron chi connectivity index (χ4n) is 3.26. The van der Waals surface area contributed by atoms with Crippen LogP contribution in [0.5, 0.6) is 5.75 Å². The average Bonchev–Trinajstić information content (AvgIpc) is 2.89. The van der Waals surface area contributed by atoms with Gasteiger partial charge in [0.15, 0.2) is 0 Å². The van der Waals surface area contributed by atoms with E-state index >= 15 is 0 Å². The lowest BCUT2D eigenvalue weighted by Crippen LogP contribution is -2.20. The van der Waals surface area contributed by atoms with Gasteiger partial charge < -0.3 is 14.6 Å². The largest absolute Gasteiger partial charge is 0.573 e. The first-order valence-corrected chi connectivity index (χ1v) is 9.79. The molecule has 0 fully saturated rings. The first-order chi connectivity index (χ1) is 14.3. The molecule has 3 aromatic rings. The summed E-state index contributed by atoms with van der Waals surface area (Å²) in [6, 6.07) is 6.56. The van der Waals surface area contributed by atoms with Gasteiger partial charge in [-0.15, -0.1) is 13.2 Å². The standard InChI is InChI=1S/C22H25F3N4O2/c1-13-8-18-17(27-20(13)28-19(30)10-21(3,4)5)9-14(2)29(18)12-15-6-7-16(11-26-15)31-22(23,24)25/h6-9,11H,10,12H2,1-5H3,(H,27,28,30).